The lowest BCUT2D eigenvalue weighted by molar-refractivity contribution is -0.120. The number of piperidine rings is 1. The van der Waals surface area contributed by atoms with Crippen molar-refractivity contribution in [2.45, 2.75) is 25.9 Å². The van der Waals surface area contributed by atoms with Gasteiger partial charge >= 0.3 is 0 Å². The molecule has 1 aromatic carbocycles. The van der Waals surface area contributed by atoms with E-state index in [0.29, 0.717) is 0 Å². The number of nitrogens with one attached hydrogen (secondary N) is 2. The van der Waals surface area contributed by atoms with Crippen LogP contribution in [0.15, 0.2) is 24.3 Å². The molecule has 1 unspecified atom stereocenters. The number of benzene rings is 1. The zero-order valence-corrected chi connectivity index (χ0v) is 10.6. The summed E-state index contributed by atoms with van der Waals surface area (Å²) in [5.74, 6) is 0.137. The summed E-state index contributed by atoms with van der Waals surface area (Å²) in [5, 5.41) is 15.8. The van der Waals surface area contributed by atoms with Crippen molar-refractivity contribution in [1.29, 1.82) is 0 Å². The van der Waals surface area contributed by atoms with E-state index in [9.17, 15) is 9.90 Å². The smallest absolute Gasteiger partial charge is 0.227 e. The van der Waals surface area contributed by atoms with Crippen molar-refractivity contribution in [1.82, 2.24) is 5.32 Å². The first-order valence-corrected chi connectivity index (χ1v) is 6.47. The molecule has 18 heavy (non-hydrogen) atoms. The molecular formula is C14H20N2O2. The molecule has 98 valence electrons. The van der Waals surface area contributed by atoms with Crippen molar-refractivity contribution < 1.29 is 9.90 Å². The van der Waals surface area contributed by atoms with E-state index in [0.717, 1.165) is 37.2 Å². The summed E-state index contributed by atoms with van der Waals surface area (Å²) in [7, 11) is 0. The number of hydrogen-bond donors (Lipinski definition) is 3. The summed E-state index contributed by atoms with van der Waals surface area (Å²) in [5.41, 5.74) is 1.48. The predicted octanol–water partition coefficient (Wildman–Crippen LogP) is 1.68. The van der Waals surface area contributed by atoms with E-state index in [2.05, 4.69) is 10.6 Å². The monoisotopic (exact) mass is 248 g/mol. The molecule has 0 spiro atoms. The fraction of sp³-hybridized carbons (Fsp3) is 0.500. The summed E-state index contributed by atoms with van der Waals surface area (Å²) >= 11 is 0. The second-order valence-corrected chi connectivity index (χ2v) is 4.78. The fourth-order valence-corrected chi connectivity index (χ4v) is 2.29. The molecule has 1 aliphatic rings. The van der Waals surface area contributed by atoms with Gasteiger partial charge in [0.15, 0.2) is 0 Å². The zero-order chi connectivity index (χ0) is 13.0. The van der Waals surface area contributed by atoms with E-state index in [-0.39, 0.29) is 11.8 Å². The number of aliphatic hydroxyl groups excluding tert-OH is 1. The van der Waals surface area contributed by atoms with Crippen molar-refractivity contribution >= 4 is 11.6 Å². The molecule has 4 nitrogen and oxygen atoms in total. The Morgan fingerprint density at radius 2 is 2.06 bits per heavy atom. The Kier molecular flexibility index (Phi) is 4.33. The van der Waals surface area contributed by atoms with Crippen LogP contribution >= 0.6 is 0 Å². The lowest BCUT2D eigenvalue weighted by Crippen LogP contribution is -2.34. The van der Waals surface area contributed by atoms with Crippen molar-refractivity contribution in [3.8, 4) is 0 Å². The minimum atomic E-state index is -0.575. The van der Waals surface area contributed by atoms with Gasteiger partial charge < -0.3 is 15.7 Å². The molecule has 0 aromatic heterocycles. The molecule has 1 amide bonds. The molecule has 1 saturated heterocycles. The first-order valence-electron chi connectivity index (χ1n) is 6.47. The van der Waals surface area contributed by atoms with Gasteiger partial charge in [0, 0.05) is 17.2 Å². The first-order chi connectivity index (χ1) is 8.68. The standard InChI is InChI=1S/C14H20N2O2/c1-10(17)12-4-2-3-5-13(12)16-14(18)11-6-8-15-9-7-11/h2-5,10-11,15,17H,6-9H2,1H3,(H,16,18). The maximum absolute atomic E-state index is 12.1. The number of hydrogen-bond acceptors (Lipinski definition) is 3. The molecule has 1 atom stereocenters. The van der Waals surface area contributed by atoms with Crippen molar-refractivity contribution in [2.75, 3.05) is 18.4 Å². The average Bonchev–Trinajstić information content (AvgIpc) is 2.40. The van der Waals surface area contributed by atoms with Crippen molar-refractivity contribution in [3.63, 3.8) is 0 Å². The zero-order valence-electron chi connectivity index (χ0n) is 10.6. The van der Waals surface area contributed by atoms with Gasteiger partial charge in [-0.3, -0.25) is 4.79 Å². The van der Waals surface area contributed by atoms with Gasteiger partial charge in [-0.2, -0.15) is 0 Å². The summed E-state index contributed by atoms with van der Waals surface area (Å²) in [6.07, 6.45) is 1.18. The second-order valence-electron chi connectivity index (χ2n) is 4.78. The Labute approximate surface area is 107 Å². The van der Waals surface area contributed by atoms with Gasteiger partial charge in [-0.05, 0) is 38.9 Å². The highest BCUT2D eigenvalue weighted by Gasteiger charge is 2.21. The van der Waals surface area contributed by atoms with Gasteiger partial charge in [0.25, 0.3) is 0 Å². The number of aliphatic hydroxyl groups is 1. The molecule has 3 N–H and O–H groups in total. The highest BCUT2D eigenvalue weighted by atomic mass is 16.3. The molecule has 0 aliphatic carbocycles. The summed E-state index contributed by atoms with van der Waals surface area (Å²) in [6, 6.07) is 7.40. The molecule has 1 aliphatic heterocycles. The largest absolute Gasteiger partial charge is 0.389 e. The molecule has 1 fully saturated rings. The highest BCUT2D eigenvalue weighted by molar-refractivity contribution is 5.93. The van der Waals surface area contributed by atoms with Crippen LogP contribution in [0.5, 0.6) is 0 Å². The third-order valence-corrected chi connectivity index (χ3v) is 3.38. The lowest BCUT2D eigenvalue weighted by atomic mass is 9.97. The second kappa shape index (κ2) is 5.98. The van der Waals surface area contributed by atoms with E-state index < -0.39 is 6.10 Å². The van der Waals surface area contributed by atoms with Crippen LogP contribution in [0.2, 0.25) is 0 Å². The molecule has 0 bridgehead atoms. The number of para-hydroxylation sites is 1. The number of carbonyl (C=O) groups is 1. The SMILES string of the molecule is CC(O)c1ccccc1NC(=O)C1CCNCC1. The molecule has 0 saturated carbocycles. The van der Waals surface area contributed by atoms with Gasteiger partial charge in [-0.25, -0.2) is 0 Å². The first kappa shape index (κ1) is 13.1. The lowest BCUT2D eigenvalue weighted by Gasteiger charge is -2.22. The van der Waals surface area contributed by atoms with E-state index in [1.807, 2.05) is 24.3 Å². The van der Waals surface area contributed by atoms with Crippen LogP contribution in [0.1, 0.15) is 31.4 Å². The van der Waals surface area contributed by atoms with Crippen LogP contribution in [-0.2, 0) is 4.79 Å². The van der Waals surface area contributed by atoms with Crippen LogP contribution in [0.25, 0.3) is 0 Å². The molecule has 2 rings (SSSR count). The normalized spacial score (nSPS) is 18.3. The summed E-state index contributed by atoms with van der Waals surface area (Å²) < 4.78 is 0. The number of rotatable bonds is 3. The third-order valence-electron chi connectivity index (χ3n) is 3.38. The highest BCUT2D eigenvalue weighted by Crippen LogP contribution is 2.23. The average molecular weight is 248 g/mol. The van der Waals surface area contributed by atoms with Crippen molar-refractivity contribution in [2.24, 2.45) is 5.92 Å². The Bertz CT molecular complexity index is 412. The van der Waals surface area contributed by atoms with Crippen LogP contribution in [0.3, 0.4) is 0 Å². The van der Waals surface area contributed by atoms with Crippen LogP contribution < -0.4 is 10.6 Å². The Hall–Kier alpha value is -1.39. The molecule has 4 heteroatoms. The minimum absolute atomic E-state index is 0.0598. The maximum atomic E-state index is 12.1. The quantitative estimate of drug-likeness (QED) is 0.762. The third kappa shape index (κ3) is 3.09. The Morgan fingerprint density at radius 3 is 2.72 bits per heavy atom. The van der Waals surface area contributed by atoms with E-state index in [1.54, 1.807) is 6.92 Å². The molecule has 1 aromatic rings. The van der Waals surface area contributed by atoms with Gasteiger partial charge in [0.05, 0.1) is 6.10 Å². The van der Waals surface area contributed by atoms with Crippen LogP contribution in [0.4, 0.5) is 5.69 Å². The van der Waals surface area contributed by atoms with Gasteiger partial charge in [0.1, 0.15) is 0 Å². The predicted molar refractivity (Wildman–Crippen MR) is 71.3 cm³/mol. The minimum Gasteiger partial charge on any atom is -0.389 e. The fourth-order valence-electron chi connectivity index (χ4n) is 2.29. The van der Waals surface area contributed by atoms with E-state index in [1.165, 1.54) is 0 Å². The van der Waals surface area contributed by atoms with Crippen LogP contribution in [0, 0.1) is 5.92 Å². The number of carbonyl (C=O) groups excluding carboxylic acids is 1. The van der Waals surface area contributed by atoms with Gasteiger partial charge in [-0.1, -0.05) is 18.2 Å². The maximum Gasteiger partial charge on any atom is 0.227 e. The Balaban J connectivity index is 2.06. The summed E-state index contributed by atoms with van der Waals surface area (Å²) in [4.78, 5) is 12.1. The molecular weight excluding hydrogens is 228 g/mol. The van der Waals surface area contributed by atoms with E-state index in [4.69, 9.17) is 0 Å². The number of anilines is 1. The van der Waals surface area contributed by atoms with Gasteiger partial charge in [-0.15, -0.1) is 0 Å². The topological polar surface area (TPSA) is 61.4 Å². The van der Waals surface area contributed by atoms with Gasteiger partial charge in [0.2, 0.25) is 5.91 Å². The van der Waals surface area contributed by atoms with Crippen molar-refractivity contribution in [3.05, 3.63) is 29.8 Å². The summed E-state index contributed by atoms with van der Waals surface area (Å²) in [6.45, 7) is 3.50. The molecule has 1 heterocycles. The Morgan fingerprint density at radius 1 is 1.39 bits per heavy atom. The van der Waals surface area contributed by atoms with Crippen LogP contribution in [-0.4, -0.2) is 24.1 Å². The number of amides is 1. The van der Waals surface area contributed by atoms with E-state index >= 15 is 0 Å². The molecule has 0 radical (unpaired) electrons.